The van der Waals surface area contributed by atoms with Crippen LogP contribution >= 0.6 is 0 Å². The van der Waals surface area contributed by atoms with Crippen LogP contribution in [-0.4, -0.2) is 51.5 Å². The third-order valence-corrected chi connectivity index (χ3v) is 4.73. The third-order valence-electron chi connectivity index (χ3n) is 4.73. The van der Waals surface area contributed by atoms with Crippen LogP contribution in [0.25, 0.3) is 0 Å². The van der Waals surface area contributed by atoms with Crippen molar-refractivity contribution in [2.75, 3.05) is 49.4 Å². The largest absolute Gasteiger partial charge is 0.447 e. The van der Waals surface area contributed by atoms with Crippen molar-refractivity contribution in [3.63, 3.8) is 0 Å². The fourth-order valence-corrected chi connectivity index (χ4v) is 3.17. The fraction of sp³-hybridized carbons (Fsp3) is 0.333. The Morgan fingerprint density at radius 1 is 1.14 bits per heavy atom. The van der Waals surface area contributed by atoms with E-state index in [-0.39, 0.29) is 18.6 Å². The lowest BCUT2D eigenvalue weighted by molar-refractivity contribution is 0.0968. The molecular weight excluding hydrogens is 372 g/mol. The van der Waals surface area contributed by atoms with Crippen LogP contribution in [0.3, 0.4) is 0 Å². The Balaban J connectivity index is 1.52. The van der Waals surface area contributed by atoms with Crippen LogP contribution in [0.4, 0.5) is 21.9 Å². The molecule has 0 aliphatic carbocycles. The molecule has 1 fully saturated rings. The summed E-state index contributed by atoms with van der Waals surface area (Å²) in [6, 6.07) is 14.5. The number of nitrogens with two attached hydrogens (primary N) is 1. The minimum absolute atomic E-state index is 0.0223. The number of methoxy groups -OCH3 is 1. The van der Waals surface area contributed by atoms with Gasteiger partial charge in [0.1, 0.15) is 6.61 Å². The predicted molar refractivity (Wildman–Crippen MR) is 112 cm³/mol. The van der Waals surface area contributed by atoms with Crippen molar-refractivity contribution in [2.24, 2.45) is 0 Å². The maximum absolute atomic E-state index is 12.4. The lowest BCUT2D eigenvalue weighted by atomic mass is 10.1. The molecule has 2 aromatic carbocycles. The van der Waals surface area contributed by atoms with Crippen molar-refractivity contribution in [3.05, 3.63) is 54.1 Å². The molecule has 0 radical (unpaired) electrons. The highest BCUT2D eigenvalue weighted by molar-refractivity contribution is 6.05. The number of hydrogen-bond donors (Lipinski definition) is 3. The first-order chi connectivity index (χ1) is 14.1. The Kier molecular flexibility index (Phi) is 6.91. The summed E-state index contributed by atoms with van der Waals surface area (Å²) in [5.41, 5.74) is 8.53. The summed E-state index contributed by atoms with van der Waals surface area (Å²) in [5.74, 6) is -0.214. The number of carbonyl (C=O) groups excluding carboxylic acids is 2. The van der Waals surface area contributed by atoms with Crippen LogP contribution in [0.2, 0.25) is 0 Å². The second-order valence-electron chi connectivity index (χ2n) is 6.79. The number of para-hydroxylation sites is 2. The molecule has 1 saturated heterocycles. The van der Waals surface area contributed by atoms with Crippen molar-refractivity contribution >= 4 is 29.1 Å². The number of ether oxygens (including phenoxy) is 2. The van der Waals surface area contributed by atoms with Gasteiger partial charge in [0.05, 0.1) is 24.0 Å². The molecule has 2 aromatic rings. The molecule has 0 spiro atoms. The SMILES string of the molecule is COCCOC(=O)NC1CCN(c2ccc(C(=O)Nc3ccccc3N)cc2)C1. The van der Waals surface area contributed by atoms with E-state index < -0.39 is 6.09 Å². The number of rotatable bonds is 7. The summed E-state index contributed by atoms with van der Waals surface area (Å²) in [5, 5.41) is 5.68. The smallest absolute Gasteiger partial charge is 0.407 e. The number of hydrogen-bond acceptors (Lipinski definition) is 6. The number of nitrogen functional groups attached to an aromatic ring is 1. The Labute approximate surface area is 170 Å². The summed E-state index contributed by atoms with van der Waals surface area (Å²) in [6.45, 7) is 2.11. The molecule has 2 amide bonds. The molecule has 0 bridgehead atoms. The number of benzene rings is 2. The Morgan fingerprint density at radius 2 is 1.90 bits per heavy atom. The fourth-order valence-electron chi connectivity index (χ4n) is 3.17. The molecule has 8 heteroatoms. The zero-order valence-electron chi connectivity index (χ0n) is 16.4. The van der Waals surface area contributed by atoms with Crippen LogP contribution < -0.4 is 21.3 Å². The van der Waals surface area contributed by atoms with Gasteiger partial charge in [0.15, 0.2) is 0 Å². The van der Waals surface area contributed by atoms with Crippen LogP contribution in [0.5, 0.6) is 0 Å². The summed E-state index contributed by atoms with van der Waals surface area (Å²) >= 11 is 0. The Bertz CT molecular complexity index is 841. The third kappa shape index (κ3) is 5.61. The molecule has 0 saturated carbocycles. The molecule has 29 heavy (non-hydrogen) atoms. The van der Waals surface area contributed by atoms with Gasteiger partial charge in [0.2, 0.25) is 0 Å². The van der Waals surface area contributed by atoms with Crippen LogP contribution in [0.15, 0.2) is 48.5 Å². The summed E-state index contributed by atoms with van der Waals surface area (Å²) in [4.78, 5) is 26.3. The van der Waals surface area contributed by atoms with E-state index in [1.54, 1.807) is 31.4 Å². The van der Waals surface area contributed by atoms with Gasteiger partial charge >= 0.3 is 6.09 Å². The molecule has 0 aromatic heterocycles. The number of alkyl carbamates (subject to hydrolysis) is 1. The van der Waals surface area contributed by atoms with Gasteiger partial charge in [-0.15, -0.1) is 0 Å². The number of nitrogens with zero attached hydrogens (tertiary/aromatic N) is 1. The molecule has 4 N–H and O–H groups in total. The summed E-state index contributed by atoms with van der Waals surface area (Å²) < 4.78 is 9.89. The molecule has 1 heterocycles. The zero-order valence-corrected chi connectivity index (χ0v) is 16.4. The molecule has 3 rings (SSSR count). The van der Waals surface area contributed by atoms with Crippen LogP contribution in [0.1, 0.15) is 16.8 Å². The maximum atomic E-state index is 12.4. The highest BCUT2D eigenvalue weighted by Gasteiger charge is 2.24. The van der Waals surface area contributed by atoms with Gasteiger partial charge < -0.3 is 30.7 Å². The molecule has 1 unspecified atom stereocenters. The molecule has 8 nitrogen and oxygen atoms in total. The van der Waals surface area contributed by atoms with Gasteiger partial charge in [-0.2, -0.15) is 0 Å². The average Bonchev–Trinajstić information content (AvgIpc) is 3.18. The minimum Gasteiger partial charge on any atom is -0.447 e. The van der Waals surface area contributed by atoms with Crippen molar-refractivity contribution in [2.45, 2.75) is 12.5 Å². The normalized spacial score (nSPS) is 15.8. The van der Waals surface area contributed by atoms with Gasteiger partial charge in [0, 0.05) is 31.5 Å². The molecule has 1 aliphatic heterocycles. The van der Waals surface area contributed by atoms with Gasteiger partial charge in [-0.3, -0.25) is 4.79 Å². The molecular formula is C21H26N4O4. The highest BCUT2D eigenvalue weighted by atomic mass is 16.6. The Hall–Kier alpha value is -3.26. The first-order valence-electron chi connectivity index (χ1n) is 9.50. The van der Waals surface area contributed by atoms with E-state index in [0.29, 0.717) is 30.1 Å². The average molecular weight is 398 g/mol. The van der Waals surface area contributed by atoms with E-state index in [4.69, 9.17) is 15.2 Å². The lowest BCUT2D eigenvalue weighted by Crippen LogP contribution is -2.37. The maximum Gasteiger partial charge on any atom is 0.407 e. The first kappa shape index (κ1) is 20.5. The van der Waals surface area contributed by atoms with E-state index in [0.717, 1.165) is 18.7 Å². The standard InChI is InChI=1S/C21H26N4O4/c1-28-12-13-29-21(27)23-16-10-11-25(14-16)17-8-6-15(7-9-17)20(26)24-19-5-3-2-4-18(19)22/h2-9,16H,10-14,22H2,1H3,(H,23,27)(H,24,26). The molecule has 1 atom stereocenters. The number of anilines is 3. The van der Waals surface area contributed by atoms with Gasteiger partial charge in [-0.05, 0) is 42.8 Å². The monoisotopic (exact) mass is 398 g/mol. The van der Waals surface area contributed by atoms with Gasteiger partial charge in [-0.25, -0.2) is 4.79 Å². The zero-order chi connectivity index (χ0) is 20.6. The van der Waals surface area contributed by atoms with E-state index in [2.05, 4.69) is 15.5 Å². The number of nitrogens with one attached hydrogen (secondary N) is 2. The summed E-state index contributed by atoms with van der Waals surface area (Å²) in [6.07, 6.45) is 0.399. The summed E-state index contributed by atoms with van der Waals surface area (Å²) in [7, 11) is 1.56. The van der Waals surface area contributed by atoms with Crippen molar-refractivity contribution in [3.8, 4) is 0 Å². The van der Waals surface area contributed by atoms with Crippen molar-refractivity contribution < 1.29 is 19.1 Å². The number of carbonyl (C=O) groups is 2. The topological polar surface area (TPSA) is 106 Å². The van der Waals surface area contributed by atoms with Gasteiger partial charge in [-0.1, -0.05) is 12.1 Å². The van der Waals surface area contributed by atoms with Gasteiger partial charge in [0.25, 0.3) is 5.91 Å². The van der Waals surface area contributed by atoms with E-state index in [1.165, 1.54) is 0 Å². The number of amides is 2. The second kappa shape index (κ2) is 9.79. The van der Waals surface area contributed by atoms with E-state index >= 15 is 0 Å². The highest BCUT2D eigenvalue weighted by Crippen LogP contribution is 2.22. The van der Waals surface area contributed by atoms with Crippen molar-refractivity contribution in [1.29, 1.82) is 0 Å². The second-order valence-corrected chi connectivity index (χ2v) is 6.79. The predicted octanol–water partition coefficient (Wildman–Crippen LogP) is 2.47. The quantitative estimate of drug-likeness (QED) is 0.489. The molecule has 154 valence electrons. The van der Waals surface area contributed by atoms with Crippen LogP contribution in [0, 0.1) is 0 Å². The van der Waals surface area contributed by atoms with E-state index in [9.17, 15) is 9.59 Å². The lowest BCUT2D eigenvalue weighted by Gasteiger charge is -2.19. The van der Waals surface area contributed by atoms with Crippen molar-refractivity contribution in [1.82, 2.24) is 5.32 Å². The minimum atomic E-state index is -0.430. The van der Waals surface area contributed by atoms with Crippen LogP contribution in [-0.2, 0) is 9.47 Å². The molecule has 1 aliphatic rings. The first-order valence-corrected chi connectivity index (χ1v) is 9.50. The van der Waals surface area contributed by atoms with E-state index in [1.807, 2.05) is 24.3 Å². The Morgan fingerprint density at radius 3 is 2.62 bits per heavy atom.